The van der Waals surface area contributed by atoms with Crippen molar-refractivity contribution in [2.75, 3.05) is 13.2 Å². The molecule has 0 bridgehead atoms. The number of amides is 1. The van der Waals surface area contributed by atoms with Crippen molar-refractivity contribution in [2.24, 2.45) is 0 Å². The maximum Gasteiger partial charge on any atom is 0.238 e. The van der Waals surface area contributed by atoms with E-state index in [4.69, 9.17) is 5.11 Å². The van der Waals surface area contributed by atoms with E-state index in [0.717, 1.165) is 6.54 Å². The lowest BCUT2D eigenvalue weighted by Crippen LogP contribution is -2.49. The highest BCUT2D eigenvalue weighted by molar-refractivity contribution is 5.77. The van der Waals surface area contributed by atoms with Crippen molar-refractivity contribution in [3.05, 3.63) is 0 Å². The summed E-state index contributed by atoms with van der Waals surface area (Å²) in [5.41, 5.74) is 0. The van der Waals surface area contributed by atoms with Crippen molar-refractivity contribution in [1.29, 1.82) is 0 Å². The van der Waals surface area contributed by atoms with Crippen LogP contribution < -0.4 is 0 Å². The molecule has 1 saturated heterocycles. The third-order valence-corrected chi connectivity index (χ3v) is 2.35. The molecule has 1 aliphatic rings. The summed E-state index contributed by atoms with van der Waals surface area (Å²) in [5, 5.41) is 12.7. The van der Waals surface area contributed by atoms with E-state index in [-0.39, 0.29) is 24.6 Å². The summed E-state index contributed by atoms with van der Waals surface area (Å²) in [6, 6.07) is 0.220. The molecule has 1 amide bonds. The number of aliphatic hydroxyl groups excluding tert-OH is 1. The fraction of sp³-hybridized carbons (Fsp3) is 0.889. The average molecular weight is 186 g/mol. The highest BCUT2D eigenvalue weighted by Crippen LogP contribution is 2.18. The van der Waals surface area contributed by atoms with Gasteiger partial charge >= 0.3 is 0 Å². The Kier molecular flexibility index (Phi) is 3.27. The molecule has 4 nitrogen and oxygen atoms in total. The van der Waals surface area contributed by atoms with Crippen molar-refractivity contribution >= 4 is 5.91 Å². The van der Waals surface area contributed by atoms with Crippen LogP contribution in [0.5, 0.6) is 0 Å². The lowest BCUT2D eigenvalue weighted by atomic mass is 10.3. The topological polar surface area (TPSA) is 43.8 Å². The van der Waals surface area contributed by atoms with Crippen LogP contribution in [0.15, 0.2) is 0 Å². The summed E-state index contributed by atoms with van der Waals surface area (Å²) in [4.78, 5) is 11.4. The number of aliphatic hydroxyl groups is 1. The Morgan fingerprint density at radius 2 is 2.08 bits per heavy atom. The number of hydrazine groups is 1. The standard InChI is InChI=1S/C9H18N2O2/c1-7(2)11-9(13)4-5-10(11)8(3)6-12/h7-8,12H,4-6H2,1-3H3. The monoisotopic (exact) mass is 186 g/mol. The zero-order valence-electron chi connectivity index (χ0n) is 8.53. The molecule has 0 aromatic rings. The summed E-state index contributed by atoms with van der Waals surface area (Å²) in [7, 11) is 0. The summed E-state index contributed by atoms with van der Waals surface area (Å²) in [6.45, 7) is 6.73. The molecule has 1 rings (SSSR count). The Hall–Kier alpha value is -0.610. The maximum absolute atomic E-state index is 11.4. The normalized spacial score (nSPS) is 21.6. The lowest BCUT2D eigenvalue weighted by Gasteiger charge is -2.34. The Labute approximate surface area is 79.1 Å². The van der Waals surface area contributed by atoms with E-state index >= 15 is 0 Å². The minimum Gasteiger partial charge on any atom is -0.395 e. The summed E-state index contributed by atoms with van der Waals surface area (Å²) in [5.74, 6) is 0.162. The molecule has 1 aliphatic heterocycles. The second-order valence-electron chi connectivity index (χ2n) is 3.78. The van der Waals surface area contributed by atoms with E-state index in [1.807, 2.05) is 25.8 Å². The Balaban J connectivity index is 2.69. The van der Waals surface area contributed by atoms with Gasteiger partial charge in [0, 0.05) is 25.0 Å². The summed E-state index contributed by atoms with van der Waals surface area (Å²) >= 11 is 0. The van der Waals surface area contributed by atoms with E-state index in [9.17, 15) is 4.79 Å². The van der Waals surface area contributed by atoms with E-state index in [0.29, 0.717) is 6.42 Å². The highest BCUT2D eigenvalue weighted by Gasteiger charge is 2.33. The van der Waals surface area contributed by atoms with Gasteiger partial charge in [-0.25, -0.2) is 5.01 Å². The molecule has 13 heavy (non-hydrogen) atoms. The van der Waals surface area contributed by atoms with Gasteiger partial charge in [0.25, 0.3) is 0 Å². The molecule has 1 unspecified atom stereocenters. The first-order valence-electron chi connectivity index (χ1n) is 4.77. The predicted octanol–water partition coefficient (Wildman–Crippen LogP) is 0.225. The van der Waals surface area contributed by atoms with Crippen LogP contribution in [0.1, 0.15) is 27.2 Å². The van der Waals surface area contributed by atoms with Crippen molar-refractivity contribution in [3.63, 3.8) is 0 Å². The molecule has 1 atom stereocenters. The van der Waals surface area contributed by atoms with Crippen LogP contribution in [0.3, 0.4) is 0 Å². The van der Waals surface area contributed by atoms with Crippen LogP contribution in [0.2, 0.25) is 0 Å². The predicted molar refractivity (Wildman–Crippen MR) is 49.9 cm³/mol. The number of hydrogen-bond acceptors (Lipinski definition) is 3. The van der Waals surface area contributed by atoms with Gasteiger partial charge in [-0.15, -0.1) is 0 Å². The zero-order chi connectivity index (χ0) is 10.0. The van der Waals surface area contributed by atoms with Crippen molar-refractivity contribution in [2.45, 2.75) is 39.3 Å². The Bertz CT molecular complexity index is 194. The van der Waals surface area contributed by atoms with Gasteiger partial charge in [0.15, 0.2) is 0 Å². The third-order valence-electron chi connectivity index (χ3n) is 2.35. The number of carbonyl (C=O) groups excluding carboxylic acids is 1. The Morgan fingerprint density at radius 1 is 1.46 bits per heavy atom. The second-order valence-corrected chi connectivity index (χ2v) is 3.78. The van der Waals surface area contributed by atoms with Crippen LogP contribution in [-0.2, 0) is 4.79 Å². The summed E-state index contributed by atoms with van der Waals surface area (Å²) < 4.78 is 0. The van der Waals surface area contributed by atoms with E-state index in [1.165, 1.54) is 0 Å². The molecule has 0 saturated carbocycles. The van der Waals surface area contributed by atoms with Gasteiger partial charge in [-0.05, 0) is 20.8 Å². The Morgan fingerprint density at radius 3 is 2.54 bits per heavy atom. The third kappa shape index (κ3) is 2.00. The van der Waals surface area contributed by atoms with E-state index in [2.05, 4.69) is 0 Å². The van der Waals surface area contributed by atoms with E-state index in [1.54, 1.807) is 5.01 Å². The molecule has 76 valence electrons. The van der Waals surface area contributed by atoms with Crippen LogP contribution in [0.4, 0.5) is 0 Å². The molecular weight excluding hydrogens is 168 g/mol. The molecular formula is C9H18N2O2. The van der Waals surface area contributed by atoms with Gasteiger partial charge in [0.05, 0.1) is 6.61 Å². The molecule has 0 aromatic carbocycles. The fourth-order valence-corrected chi connectivity index (χ4v) is 1.69. The zero-order valence-corrected chi connectivity index (χ0v) is 8.53. The van der Waals surface area contributed by atoms with Gasteiger partial charge in [-0.1, -0.05) is 0 Å². The van der Waals surface area contributed by atoms with Crippen LogP contribution >= 0.6 is 0 Å². The number of nitrogens with zero attached hydrogens (tertiary/aromatic N) is 2. The smallest absolute Gasteiger partial charge is 0.238 e. The van der Waals surface area contributed by atoms with Gasteiger partial charge in [-0.2, -0.15) is 0 Å². The highest BCUT2D eigenvalue weighted by atomic mass is 16.3. The molecule has 0 aromatic heterocycles. The van der Waals surface area contributed by atoms with Crippen molar-refractivity contribution in [1.82, 2.24) is 10.0 Å². The maximum atomic E-state index is 11.4. The molecule has 0 spiro atoms. The molecule has 0 radical (unpaired) electrons. The van der Waals surface area contributed by atoms with Gasteiger partial charge in [0.2, 0.25) is 5.91 Å². The van der Waals surface area contributed by atoms with Gasteiger partial charge in [0.1, 0.15) is 0 Å². The van der Waals surface area contributed by atoms with Crippen molar-refractivity contribution < 1.29 is 9.90 Å². The molecule has 1 fully saturated rings. The summed E-state index contributed by atoms with van der Waals surface area (Å²) in [6.07, 6.45) is 0.572. The number of hydrogen-bond donors (Lipinski definition) is 1. The minimum atomic E-state index is 0.0360. The average Bonchev–Trinajstić information content (AvgIpc) is 2.45. The van der Waals surface area contributed by atoms with E-state index < -0.39 is 0 Å². The quantitative estimate of drug-likeness (QED) is 0.686. The first kappa shape index (κ1) is 10.5. The number of carbonyl (C=O) groups is 1. The number of rotatable bonds is 3. The molecule has 0 aliphatic carbocycles. The molecule has 4 heteroatoms. The molecule has 1 N–H and O–H groups in total. The first-order valence-corrected chi connectivity index (χ1v) is 4.77. The fourth-order valence-electron chi connectivity index (χ4n) is 1.69. The molecule has 1 heterocycles. The van der Waals surface area contributed by atoms with Crippen LogP contribution in [0.25, 0.3) is 0 Å². The van der Waals surface area contributed by atoms with Gasteiger partial charge in [-0.3, -0.25) is 9.80 Å². The van der Waals surface area contributed by atoms with Crippen molar-refractivity contribution in [3.8, 4) is 0 Å². The van der Waals surface area contributed by atoms with Crippen LogP contribution in [-0.4, -0.2) is 46.3 Å². The largest absolute Gasteiger partial charge is 0.395 e. The second kappa shape index (κ2) is 4.07. The van der Waals surface area contributed by atoms with Gasteiger partial charge < -0.3 is 5.11 Å². The first-order chi connectivity index (χ1) is 6.07. The lowest BCUT2D eigenvalue weighted by molar-refractivity contribution is -0.145. The van der Waals surface area contributed by atoms with Crippen LogP contribution in [0, 0.1) is 0 Å². The minimum absolute atomic E-state index is 0.0360. The SMILES string of the molecule is CC(CO)N1CCC(=O)N1C(C)C.